The van der Waals surface area contributed by atoms with Crippen LogP contribution < -0.4 is 10.6 Å². The highest BCUT2D eigenvalue weighted by Crippen LogP contribution is 2.27. The Labute approximate surface area is 150 Å². The van der Waals surface area contributed by atoms with E-state index in [1.54, 1.807) is 24.1 Å². The summed E-state index contributed by atoms with van der Waals surface area (Å²) in [6.45, 7) is 1.80. The van der Waals surface area contributed by atoms with Crippen molar-refractivity contribution in [2.24, 2.45) is 7.05 Å². The van der Waals surface area contributed by atoms with Gasteiger partial charge in [0.05, 0.1) is 5.69 Å². The number of aryl methyl sites for hydroxylation is 1. The Morgan fingerprint density at radius 1 is 1.46 bits per heavy atom. The van der Waals surface area contributed by atoms with E-state index in [0.717, 1.165) is 37.2 Å². The van der Waals surface area contributed by atoms with Crippen LogP contribution in [0, 0.1) is 0 Å². The maximum Gasteiger partial charge on any atom is 0.279 e. The lowest BCUT2D eigenvalue weighted by atomic mass is 9.95. The van der Waals surface area contributed by atoms with Crippen molar-refractivity contribution in [3.63, 3.8) is 0 Å². The minimum Gasteiger partial charge on any atom is -0.447 e. The molecule has 4 rings (SSSR count). The third-order valence-corrected chi connectivity index (χ3v) is 4.56. The molecule has 1 atom stereocenters. The molecule has 1 unspecified atom stereocenters. The van der Waals surface area contributed by atoms with E-state index >= 15 is 0 Å². The van der Waals surface area contributed by atoms with E-state index in [2.05, 4.69) is 25.7 Å². The fraction of sp³-hybridized carbons (Fsp3) is 0.333. The van der Waals surface area contributed by atoms with Crippen molar-refractivity contribution in [3.8, 4) is 11.3 Å². The number of carbonyl (C=O) groups is 1. The number of pyridine rings is 1. The summed E-state index contributed by atoms with van der Waals surface area (Å²) >= 11 is 0. The number of anilines is 1. The first kappa shape index (κ1) is 16.5. The van der Waals surface area contributed by atoms with Crippen molar-refractivity contribution in [2.45, 2.75) is 18.8 Å². The number of oxazole rings is 1. The predicted octanol–water partition coefficient (Wildman–Crippen LogP) is 2.19. The molecule has 8 heteroatoms. The Balaban J connectivity index is 1.54. The van der Waals surface area contributed by atoms with Crippen LogP contribution in [0.1, 0.15) is 35.0 Å². The van der Waals surface area contributed by atoms with Gasteiger partial charge >= 0.3 is 0 Å². The molecule has 0 aromatic carbocycles. The summed E-state index contributed by atoms with van der Waals surface area (Å²) in [5.74, 6) is 1.11. The Morgan fingerprint density at radius 3 is 3.15 bits per heavy atom. The summed E-state index contributed by atoms with van der Waals surface area (Å²) in [5.41, 5.74) is 1.97. The zero-order valence-corrected chi connectivity index (χ0v) is 14.5. The minimum atomic E-state index is -0.292. The molecule has 1 fully saturated rings. The summed E-state index contributed by atoms with van der Waals surface area (Å²) in [5, 5.41) is 10.6. The average molecular weight is 352 g/mol. The normalized spacial score (nSPS) is 17.2. The molecule has 0 saturated carbocycles. The van der Waals surface area contributed by atoms with E-state index < -0.39 is 0 Å². The lowest BCUT2D eigenvalue weighted by molar-refractivity contribution is 0.101. The topological polar surface area (TPSA) is 97.9 Å². The number of piperidine rings is 1. The number of amides is 1. The fourth-order valence-corrected chi connectivity index (χ4v) is 3.21. The molecule has 2 N–H and O–H groups in total. The predicted molar refractivity (Wildman–Crippen MR) is 95.7 cm³/mol. The molecule has 0 radical (unpaired) electrons. The lowest BCUT2D eigenvalue weighted by Gasteiger charge is -2.21. The monoisotopic (exact) mass is 352 g/mol. The third-order valence-electron chi connectivity index (χ3n) is 4.56. The van der Waals surface area contributed by atoms with Crippen molar-refractivity contribution < 1.29 is 9.21 Å². The largest absolute Gasteiger partial charge is 0.447 e. The molecule has 1 aliphatic heterocycles. The van der Waals surface area contributed by atoms with Crippen molar-refractivity contribution in [1.29, 1.82) is 0 Å². The second-order valence-corrected chi connectivity index (χ2v) is 6.34. The average Bonchev–Trinajstić information content (AvgIpc) is 3.31. The van der Waals surface area contributed by atoms with Crippen LogP contribution in [0.5, 0.6) is 0 Å². The van der Waals surface area contributed by atoms with Gasteiger partial charge < -0.3 is 15.1 Å². The summed E-state index contributed by atoms with van der Waals surface area (Å²) in [6.07, 6.45) is 6.83. The molecule has 3 aromatic heterocycles. The number of nitrogens with zero attached hydrogens (tertiary/aromatic N) is 4. The van der Waals surface area contributed by atoms with Crippen molar-refractivity contribution in [1.82, 2.24) is 25.1 Å². The first-order chi connectivity index (χ1) is 12.7. The smallest absolute Gasteiger partial charge is 0.279 e. The van der Waals surface area contributed by atoms with E-state index in [-0.39, 0.29) is 11.8 Å². The number of aromatic nitrogens is 4. The van der Waals surface area contributed by atoms with Gasteiger partial charge in [-0.3, -0.25) is 14.5 Å². The third kappa shape index (κ3) is 3.23. The Kier molecular flexibility index (Phi) is 4.49. The van der Waals surface area contributed by atoms with E-state index in [1.165, 1.54) is 6.39 Å². The lowest BCUT2D eigenvalue weighted by Crippen LogP contribution is -2.29. The second kappa shape index (κ2) is 7.09. The molecule has 26 heavy (non-hydrogen) atoms. The highest BCUT2D eigenvalue weighted by atomic mass is 16.3. The van der Waals surface area contributed by atoms with Crippen LogP contribution in [0.2, 0.25) is 0 Å². The van der Waals surface area contributed by atoms with Crippen molar-refractivity contribution in [3.05, 3.63) is 48.4 Å². The zero-order valence-electron chi connectivity index (χ0n) is 14.5. The molecule has 0 bridgehead atoms. The Morgan fingerprint density at radius 2 is 2.38 bits per heavy atom. The summed E-state index contributed by atoms with van der Waals surface area (Å²) < 4.78 is 7.15. The van der Waals surface area contributed by atoms with Crippen LogP contribution in [0.3, 0.4) is 0 Å². The quantitative estimate of drug-likeness (QED) is 0.747. The summed E-state index contributed by atoms with van der Waals surface area (Å²) in [7, 11) is 1.78. The van der Waals surface area contributed by atoms with Gasteiger partial charge in [0.15, 0.2) is 12.1 Å². The molecule has 0 aliphatic carbocycles. The molecule has 1 amide bonds. The van der Waals surface area contributed by atoms with Crippen LogP contribution in [0.25, 0.3) is 11.3 Å². The van der Waals surface area contributed by atoms with Gasteiger partial charge in [-0.2, -0.15) is 5.10 Å². The summed E-state index contributed by atoms with van der Waals surface area (Å²) in [4.78, 5) is 21.0. The van der Waals surface area contributed by atoms with Crippen LogP contribution in [-0.4, -0.2) is 38.7 Å². The van der Waals surface area contributed by atoms with Gasteiger partial charge in [-0.15, -0.1) is 0 Å². The standard InChI is InChI=1S/C18H20N6O2/c1-24-15(8-14(23-24)12-4-2-6-19-9-12)22-18(25)16-17(26-11-21-16)13-5-3-7-20-10-13/h2,4,6,8-9,11,13,20H,3,5,7,10H2,1H3,(H,22,25). The Hall–Kier alpha value is -3.00. The molecular weight excluding hydrogens is 332 g/mol. The Bertz CT molecular complexity index is 896. The van der Waals surface area contributed by atoms with Crippen molar-refractivity contribution >= 4 is 11.7 Å². The number of nitrogens with one attached hydrogen (secondary N) is 2. The van der Waals surface area contributed by atoms with E-state index in [0.29, 0.717) is 17.3 Å². The maximum atomic E-state index is 12.7. The molecule has 8 nitrogen and oxygen atoms in total. The molecule has 1 aliphatic rings. The number of hydrogen-bond donors (Lipinski definition) is 2. The van der Waals surface area contributed by atoms with E-state index in [4.69, 9.17) is 4.42 Å². The van der Waals surface area contributed by atoms with E-state index in [1.807, 2.05) is 18.2 Å². The second-order valence-electron chi connectivity index (χ2n) is 6.34. The molecule has 4 heterocycles. The van der Waals surface area contributed by atoms with E-state index in [9.17, 15) is 4.79 Å². The fourth-order valence-electron chi connectivity index (χ4n) is 3.21. The molecular formula is C18H20N6O2. The van der Waals surface area contributed by atoms with Crippen LogP contribution in [-0.2, 0) is 7.05 Å². The SMILES string of the molecule is Cn1nc(-c2cccnc2)cc1NC(=O)c1ncoc1C1CCCNC1. The number of hydrogen-bond acceptors (Lipinski definition) is 6. The van der Waals surface area contributed by atoms with Crippen molar-refractivity contribution in [2.75, 3.05) is 18.4 Å². The molecule has 1 saturated heterocycles. The van der Waals surface area contributed by atoms with Gasteiger partial charge in [0.25, 0.3) is 5.91 Å². The van der Waals surface area contributed by atoms with Crippen LogP contribution >= 0.6 is 0 Å². The first-order valence-electron chi connectivity index (χ1n) is 8.62. The summed E-state index contributed by atoms with van der Waals surface area (Å²) in [6, 6.07) is 5.59. The zero-order chi connectivity index (χ0) is 17.9. The van der Waals surface area contributed by atoms with Crippen LogP contribution in [0.15, 0.2) is 41.4 Å². The number of rotatable bonds is 4. The maximum absolute atomic E-state index is 12.7. The van der Waals surface area contributed by atoms with Gasteiger partial charge in [0, 0.05) is 43.5 Å². The highest BCUT2D eigenvalue weighted by molar-refractivity contribution is 6.03. The highest BCUT2D eigenvalue weighted by Gasteiger charge is 2.26. The van der Waals surface area contributed by atoms with Crippen LogP contribution in [0.4, 0.5) is 5.82 Å². The molecule has 0 spiro atoms. The van der Waals surface area contributed by atoms with Gasteiger partial charge in [-0.05, 0) is 31.5 Å². The molecule has 134 valence electrons. The van der Waals surface area contributed by atoms with Gasteiger partial charge in [0.2, 0.25) is 0 Å². The first-order valence-corrected chi connectivity index (χ1v) is 8.62. The minimum absolute atomic E-state index is 0.171. The van der Waals surface area contributed by atoms with Gasteiger partial charge in [-0.25, -0.2) is 4.98 Å². The van der Waals surface area contributed by atoms with Gasteiger partial charge in [0.1, 0.15) is 11.6 Å². The number of carbonyl (C=O) groups excluding carboxylic acids is 1. The molecule has 3 aromatic rings. The van der Waals surface area contributed by atoms with Gasteiger partial charge in [-0.1, -0.05) is 0 Å².